The molecule has 0 fully saturated rings. The lowest BCUT2D eigenvalue weighted by atomic mass is 10.2. The van der Waals surface area contributed by atoms with Gasteiger partial charge < -0.3 is 5.73 Å². The van der Waals surface area contributed by atoms with E-state index in [9.17, 15) is 8.42 Å². The van der Waals surface area contributed by atoms with E-state index < -0.39 is 10.0 Å². The predicted molar refractivity (Wildman–Crippen MR) is 80.7 cm³/mol. The Morgan fingerprint density at radius 1 is 1.05 bits per heavy atom. The van der Waals surface area contributed by atoms with Crippen LogP contribution in [-0.2, 0) is 16.6 Å². The molecule has 20 heavy (non-hydrogen) atoms. The van der Waals surface area contributed by atoms with Crippen molar-refractivity contribution in [1.29, 1.82) is 0 Å². The summed E-state index contributed by atoms with van der Waals surface area (Å²) in [4.78, 5) is 0.331. The van der Waals surface area contributed by atoms with E-state index in [2.05, 4.69) is 0 Å². The van der Waals surface area contributed by atoms with E-state index in [1.54, 1.807) is 38.2 Å². The molecule has 0 radical (unpaired) electrons. The summed E-state index contributed by atoms with van der Waals surface area (Å²) >= 11 is 0. The minimum atomic E-state index is -3.51. The van der Waals surface area contributed by atoms with Gasteiger partial charge in [0.1, 0.15) is 0 Å². The lowest BCUT2D eigenvalue weighted by Gasteiger charge is -2.19. The van der Waals surface area contributed by atoms with Crippen molar-refractivity contribution in [2.24, 2.45) is 0 Å². The van der Waals surface area contributed by atoms with E-state index in [4.69, 9.17) is 5.73 Å². The summed E-state index contributed by atoms with van der Waals surface area (Å²) in [6.45, 7) is 2.04. The number of para-hydroxylation sites is 1. The van der Waals surface area contributed by atoms with Gasteiger partial charge in [0.05, 0.1) is 4.90 Å². The van der Waals surface area contributed by atoms with Crippen molar-refractivity contribution in [2.45, 2.75) is 18.4 Å². The van der Waals surface area contributed by atoms with Gasteiger partial charge in [-0.05, 0) is 30.2 Å². The molecule has 0 unspecified atom stereocenters. The third-order valence-corrected chi connectivity index (χ3v) is 5.19. The van der Waals surface area contributed by atoms with Crippen LogP contribution in [0.2, 0.25) is 0 Å². The fraction of sp³-hybridized carbons (Fsp3) is 0.200. The van der Waals surface area contributed by atoms with Crippen molar-refractivity contribution in [3.8, 4) is 0 Å². The molecule has 5 heteroatoms. The number of aryl methyl sites for hydroxylation is 1. The van der Waals surface area contributed by atoms with Crippen LogP contribution in [0.4, 0.5) is 5.69 Å². The van der Waals surface area contributed by atoms with E-state index in [1.165, 1.54) is 4.31 Å². The van der Waals surface area contributed by atoms with Gasteiger partial charge in [-0.1, -0.05) is 36.4 Å². The maximum Gasteiger partial charge on any atom is 0.243 e. The fourth-order valence-corrected chi connectivity index (χ4v) is 3.39. The highest BCUT2D eigenvalue weighted by molar-refractivity contribution is 7.89. The average molecular weight is 290 g/mol. The minimum Gasteiger partial charge on any atom is -0.398 e. The highest BCUT2D eigenvalue weighted by atomic mass is 32.2. The first-order chi connectivity index (χ1) is 9.43. The van der Waals surface area contributed by atoms with Gasteiger partial charge in [-0.15, -0.1) is 0 Å². The number of rotatable bonds is 4. The molecule has 0 bridgehead atoms. The Morgan fingerprint density at radius 3 is 2.30 bits per heavy atom. The molecule has 0 atom stereocenters. The van der Waals surface area contributed by atoms with Crippen molar-refractivity contribution < 1.29 is 8.42 Å². The average Bonchev–Trinajstić information content (AvgIpc) is 2.41. The van der Waals surface area contributed by atoms with Crippen molar-refractivity contribution in [3.63, 3.8) is 0 Å². The summed E-state index contributed by atoms with van der Waals surface area (Å²) in [5.41, 5.74) is 7.99. The Bertz CT molecular complexity index is 711. The summed E-state index contributed by atoms with van der Waals surface area (Å²) in [6, 6.07) is 14.2. The molecule has 0 spiro atoms. The molecule has 106 valence electrons. The summed E-state index contributed by atoms with van der Waals surface area (Å²) in [5, 5.41) is 0. The lowest BCUT2D eigenvalue weighted by molar-refractivity contribution is 0.467. The van der Waals surface area contributed by atoms with Crippen LogP contribution in [-0.4, -0.2) is 19.8 Å². The molecule has 0 aliphatic rings. The van der Waals surface area contributed by atoms with Crippen molar-refractivity contribution in [3.05, 3.63) is 59.7 Å². The van der Waals surface area contributed by atoms with Crippen molar-refractivity contribution in [2.75, 3.05) is 12.8 Å². The van der Waals surface area contributed by atoms with Gasteiger partial charge in [0.15, 0.2) is 0 Å². The molecule has 2 rings (SSSR count). The molecule has 0 saturated heterocycles. The van der Waals surface area contributed by atoms with Crippen LogP contribution in [0.15, 0.2) is 53.4 Å². The smallest absolute Gasteiger partial charge is 0.243 e. The molecule has 0 heterocycles. The molecule has 0 aromatic heterocycles. The Labute approximate surface area is 119 Å². The second-order valence-electron chi connectivity index (χ2n) is 4.73. The zero-order valence-electron chi connectivity index (χ0n) is 11.6. The molecule has 2 aromatic carbocycles. The number of hydrogen-bond acceptors (Lipinski definition) is 3. The van der Waals surface area contributed by atoms with Gasteiger partial charge in [-0.3, -0.25) is 0 Å². The number of benzene rings is 2. The van der Waals surface area contributed by atoms with Gasteiger partial charge in [-0.25, -0.2) is 8.42 Å². The number of hydrogen-bond donors (Lipinski definition) is 1. The van der Waals surface area contributed by atoms with Crippen LogP contribution in [0.1, 0.15) is 11.1 Å². The number of anilines is 1. The molecule has 0 saturated carbocycles. The molecular weight excluding hydrogens is 272 g/mol. The van der Waals surface area contributed by atoms with E-state index in [1.807, 2.05) is 24.3 Å². The highest BCUT2D eigenvalue weighted by Gasteiger charge is 2.22. The summed E-state index contributed by atoms with van der Waals surface area (Å²) < 4.78 is 26.4. The molecular formula is C15H18N2O2S. The second-order valence-corrected chi connectivity index (χ2v) is 6.74. The molecule has 2 N–H and O–H groups in total. The summed E-state index contributed by atoms with van der Waals surface area (Å²) in [6.07, 6.45) is 0. The second kappa shape index (κ2) is 5.64. The Morgan fingerprint density at radius 2 is 1.65 bits per heavy atom. The van der Waals surface area contributed by atoms with E-state index in [-0.39, 0.29) is 6.54 Å². The number of sulfonamides is 1. The monoisotopic (exact) mass is 290 g/mol. The minimum absolute atomic E-state index is 0.253. The predicted octanol–water partition coefficient (Wildman–Crippen LogP) is 2.40. The van der Waals surface area contributed by atoms with Crippen LogP contribution in [0.3, 0.4) is 0 Å². The van der Waals surface area contributed by atoms with Gasteiger partial charge in [0, 0.05) is 19.3 Å². The number of nitrogens with zero attached hydrogens (tertiary/aromatic N) is 1. The standard InChI is InChI=1S/C15H18N2O2S/c1-12-7-3-6-10-15(12)20(18,19)17(2)11-13-8-4-5-9-14(13)16/h3-10H,11,16H2,1-2H3. The van der Waals surface area contributed by atoms with E-state index in [0.29, 0.717) is 10.6 Å². The Kier molecular flexibility index (Phi) is 4.11. The Balaban J connectivity index is 2.31. The first-order valence-electron chi connectivity index (χ1n) is 6.28. The number of nitrogen functional groups attached to an aromatic ring is 1. The van der Waals surface area contributed by atoms with Gasteiger partial charge in [0.25, 0.3) is 0 Å². The van der Waals surface area contributed by atoms with Gasteiger partial charge in [0.2, 0.25) is 10.0 Å². The third kappa shape index (κ3) is 2.84. The fourth-order valence-electron chi connectivity index (χ4n) is 2.02. The largest absolute Gasteiger partial charge is 0.398 e. The molecule has 0 aliphatic carbocycles. The topological polar surface area (TPSA) is 63.4 Å². The molecule has 4 nitrogen and oxygen atoms in total. The first-order valence-corrected chi connectivity index (χ1v) is 7.72. The van der Waals surface area contributed by atoms with Gasteiger partial charge >= 0.3 is 0 Å². The summed E-state index contributed by atoms with van der Waals surface area (Å²) in [7, 11) is -1.94. The zero-order chi connectivity index (χ0) is 14.8. The maximum atomic E-state index is 12.6. The van der Waals surface area contributed by atoms with Crippen LogP contribution in [0, 0.1) is 6.92 Å². The van der Waals surface area contributed by atoms with E-state index >= 15 is 0 Å². The van der Waals surface area contributed by atoms with Crippen LogP contribution >= 0.6 is 0 Å². The highest BCUT2D eigenvalue weighted by Crippen LogP contribution is 2.21. The zero-order valence-corrected chi connectivity index (χ0v) is 12.4. The van der Waals surface area contributed by atoms with E-state index in [0.717, 1.165) is 11.1 Å². The quantitative estimate of drug-likeness (QED) is 0.879. The maximum absolute atomic E-state index is 12.6. The SMILES string of the molecule is Cc1ccccc1S(=O)(=O)N(C)Cc1ccccc1N. The Hall–Kier alpha value is -1.85. The lowest BCUT2D eigenvalue weighted by Crippen LogP contribution is -2.27. The van der Waals surface area contributed by atoms with Crippen LogP contribution in [0.5, 0.6) is 0 Å². The first kappa shape index (κ1) is 14.6. The molecule has 2 aromatic rings. The number of nitrogens with two attached hydrogens (primary N) is 1. The van der Waals surface area contributed by atoms with Gasteiger partial charge in [-0.2, -0.15) is 4.31 Å². The molecule has 0 aliphatic heterocycles. The third-order valence-electron chi connectivity index (χ3n) is 3.23. The van der Waals surface area contributed by atoms with Crippen LogP contribution in [0.25, 0.3) is 0 Å². The normalized spacial score (nSPS) is 11.8. The molecule has 0 amide bonds. The van der Waals surface area contributed by atoms with Crippen molar-refractivity contribution in [1.82, 2.24) is 4.31 Å². The van der Waals surface area contributed by atoms with Crippen molar-refractivity contribution >= 4 is 15.7 Å². The summed E-state index contributed by atoms with van der Waals surface area (Å²) in [5.74, 6) is 0. The van der Waals surface area contributed by atoms with Crippen LogP contribution < -0.4 is 5.73 Å².